The van der Waals surface area contributed by atoms with Gasteiger partial charge in [-0.15, -0.1) is 0 Å². The Labute approximate surface area is 102 Å². The molecule has 2 rings (SSSR count). The van der Waals surface area contributed by atoms with E-state index in [1.165, 1.54) is 6.07 Å². The second kappa shape index (κ2) is 4.61. The fraction of sp³-hybridized carbons (Fsp3) is 0.0833. The van der Waals surface area contributed by atoms with Crippen LogP contribution in [0.2, 0.25) is 0 Å². The molecular formula is C12H10BrFN2. The highest BCUT2D eigenvalue weighted by Gasteiger charge is 2.08. The average Bonchev–Trinajstić information content (AvgIpc) is 2.29. The van der Waals surface area contributed by atoms with Gasteiger partial charge in [-0.25, -0.2) is 4.39 Å². The summed E-state index contributed by atoms with van der Waals surface area (Å²) in [4.78, 5) is 5.81. The van der Waals surface area contributed by atoms with Crippen LogP contribution in [-0.4, -0.2) is 12.0 Å². The third-order valence-corrected chi connectivity index (χ3v) is 2.73. The zero-order chi connectivity index (χ0) is 11.5. The molecule has 16 heavy (non-hydrogen) atoms. The van der Waals surface area contributed by atoms with E-state index in [2.05, 4.69) is 20.9 Å². The van der Waals surface area contributed by atoms with Crippen LogP contribution in [-0.2, 0) is 0 Å². The van der Waals surface area contributed by atoms with E-state index in [-0.39, 0.29) is 5.82 Å². The zero-order valence-corrected chi connectivity index (χ0v) is 10.3. The molecule has 0 fully saturated rings. The fourth-order valence-electron chi connectivity index (χ4n) is 1.45. The molecule has 0 aliphatic heterocycles. The maximum Gasteiger partial charge on any atom is 0.146 e. The molecule has 1 aromatic carbocycles. The Morgan fingerprint density at radius 2 is 2.00 bits per heavy atom. The summed E-state index contributed by atoms with van der Waals surface area (Å²) >= 11 is 3.34. The second-order valence-corrected chi connectivity index (χ2v) is 4.29. The van der Waals surface area contributed by atoms with E-state index in [0.717, 1.165) is 10.2 Å². The SMILES string of the molecule is CN(c1cncc(Br)c1)c1ccccc1F. The van der Waals surface area contributed by atoms with Crippen molar-refractivity contribution in [3.8, 4) is 0 Å². The summed E-state index contributed by atoms with van der Waals surface area (Å²) in [5.74, 6) is -0.245. The van der Waals surface area contributed by atoms with Crippen LogP contribution >= 0.6 is 15.9 Å². The van der Waals surface area contributed by atoms with Gasteiger partial charge in [-0.05, 0) is 34.1 Å². The number of rotatable bonds is 2. The number of para-hydroxylation sites is 1. The van der Waals surface area contributed by atoms with Gasteiger partial charge in [-0.2, -0.15) is 0 Å². The van der Waals surface area contributed by atoms with Crippen molar-refractivity contribution in [2.75, 3.05) is 11.9 Å². The first kappa shape index (κ1) is 11.1. The van der Waals surface area contributed by atoms with Gasteiger partial charge in [-0.3, -0.25) is 4.98 Å². The minimum atomic E-state index is -0.245. The lowest BCUT2D eigenvalue weighted by Gasteiger charge is -2.19. The lowest BCUT2D eigenvalue weighted by atomic mass is 10.2. The zero-order valence-electron chi connectivity index (χ0n) is 8.69. The minimum absolute atomic E-state index is 0.245. The molecule has 0 saturated carbocycles. The van der Waals surface area contributed by atoms with E-state index < -0.39 is 0 Å². The second-order valence-electron chi connectivity index (χ2n) is 3.37. The molecule has 0 amide bonds. The molecule has 0 N–H and O–H groups in total. The molecule has 0 bridgehead atoms. The summed E-state index contributed by atoms with van der Waals surface area (Å²) in [6, 6.07) is 8.54. The monoisotopic (exact) mass is 280 g/mol. The van der Waals surface area contributed by atoms with Crippen LogP contribution in [0.15, 0.2) is 47.2 Å². The summed E-state index contributed by atoms with van der Waals surface area (Å²) in [5.41, 5.74) is 1.36. The molecule has 0 saturated heterocycles. The van der Waals surface area contributed by atoms with Gasteiger partial charge in [0.15, 0.2) is 0 Å². The van der Waals surface area contributed by atoms with Crippen molar-refractivity contribution in [2.24, 2.45) is 0 Å². The van der Waals surface area contributed by atoms with Crippen LogP contribution < -0.4 is 4.90 Å². The van der Waals surface area contributed by atoms with Crippen LogP contribution in [0.1, 0.15) is 0 Å². The Hall–Kier alpha value is -1.42. The Kier molecular flexibility index (Phi) is 3.19. The number of nitrogens with zero attached hydrogens (tertiary/aromatic N) is 2. The van der Waals surface area contributed by atoms with Gasteiger partial charge in [0.2, 0.25) is 0 Å². The van der Waals surface area contributed by atoms with Crippen molar-refractivity contribution in [3.05, 3.63) is 53.0 Å². The Bertz CT molecular complexity index is 502. The van der Waals surface area contributed by atoms with Crippen molar-refractivity contribution >= 4 is 27.3 Å². The molecule has 0 aliphatic rings. The van der Waals surface area contributed by atoms with E-state index >= 15 is 0 Å². The van der Waals surface area contributed by atoms with Gasteiger partial charge >= 0.3 is 0 Å². The summed E-state index contributed by atoms with van der Waals surface area (Å²) in [7, 11) is 1.81. The van der Waals surface area contributed by atoms with Crippen molar-refractivity contribution in [1.29, 1.82) is 0 Å². The van der Waals surface area contributed by atoms with E-state index in [4.69, 9.17) is 0 Å². The summed E-state index contributed by atoms with van der Waals surface area (Å²) in [5, 5.41) is 0. The number of benzene rings is 1. The Balaban J connectivity index is 2.39. The Morgan fingerprint density at radius 3 is 2.69 bits per heavy atom. The maximum atomic E-state index is 13.6. The highest BCUT2D eigenvalue weighted by atomic mass is 79.9. The molecule has 2 nitrogen and oxygen atoms in total. The molecule has 0 aliphatic carbocycles. The Morgan fingerprint density at radius 1 is 1.25 bits per heavy atom. The molecular weight excluding hydrogens is 271 g/mol. The number of hydrogen-bond acceptors (Lipinski definition) is 2. The standard InChI is InChI=1S/C12H10BrFN2/c1-16(10-6-9(13)7-15-8-10)12-5-3-2-4-11(12)14/h2-8H,1H3. The highest BCUT2D eigenvalue weighted by molar-refractivity contribution is 9.10. The van der Waals surface area contributed by atoms with Gasteiger partial charge in [0, 0.05) is 17.7 Å². The normalized spacial score (nSPS) is 10.2. The molecule has 82 valence electrons. The molecule has 0 atom stereocenters. The predicted octanol–water partition coefficient (Wildman–Crippen LogP) is 3.75. The van der Waals surface area contributed by atoms with Gasteiger partial charge < -0.3 is 4.90 Å². The maximum absolute atomic E-state index is 13.6. The first-order valence-electron chi connectivity index (χ1n) is 4.77. The third kappa shape index (κ3) is 2.22. The molecule has 1 aromatic heterocycles. The van der Waals surface area contributed by atoms with Crippen molar-refractivity contribution in [1.82, 2.24) is 4.98 Å². The van der Waals surface area contributed by atoms with Crippen molar-refractivity contribution < 1.29 is 4.39 Å². The van der Waals surface area contributed by atoms with Crippen molar-refractivity contribution in [3.63, 3.8) is 0 Å². The largest absolute Gasteiger partial charge is 0.341 e. The molecule has 0 radical (unpaired) electrons. The van der Waals surface area contributed by atoms with E-state index in [9.17, 15) is 4.39 Å². The highest BCUT2D eigenvalue weighted by Crippen LogP contribution is 2.26. The number of halogens is 2. The smallest absolute Gasteiger partial charge is 0.146 e. The summed E-state index contributed by atoms with van der Waals surface area (Å²) in [6.07, 6.45) is 3.38. The predicted molar refractivity (Wildman–Crippen MR) is 66.4 cm³/mol. The summed E-state index contributed by atoms with van der Waals surface area (Å²) in [6.45, 7) is 0. The number of hydrogen-bond donors (Lipinski definition) is 0. The summed E-state index contributed by atoms with van der Waals surface area (Å²) < 4.78 is 14.4. The van der Waals surface area contributed by atoms with Gasteiger partial charge in [0.05, 0.1) is 17.6 Å². The van der Waals surface area contributed by atoms with Crippen molar-refractivity contribution in [2.45, 2.75) is 0 Å². The van der Waals surface area contributed by atoms with E-state index in [1.807, 2.05) is 13.1 Å². The molecule has 4 heteroatoms. The average molecular weight is 281 g/mol. The lowest BCUT2D eigenvalue weighted by molar-refractivity contribution is 0.627. The first-order chi connectivity index (χ1) is 7.68. The van der Waals surface area contributed by atoms with Crippen LogP contribution in [0.4, 0.5) is 15.8 Å². The quantitative estimate of drug-likeness (QED) is 0.833. The van der Waals surface area contributed by atoms with E-state index in [1.54, 1.807) is 35.5 Å². The molecule has 1 heterocycles. The first-order valence-corrected chi connectivity index (χ1v) is 5.56. The number of pyridine rings is 1. The molecule has 0 unspecified atom stereocenters. The van der Waals surface area contributed by atoms with Crippen LogP contribution in [0, 0.1) is 5.82 Å². The number of aromatic nitrogens is 1. The van der Waals surface area contributed by atoms with Gasteiger partial charge in [0.1, 0.15) is 5.82 Å². The topological polar surface area (TPSA) is 16.1 Å². The number of anilines is 2. The van der Waals surface area contributed by atoms with Gasteiger partial charge in [-0.1, -0.05) is 12.1 Å². The van der Waals surface area contributed by atoms with Crippen LogP contribution in [0.5, 0.6) is 0 Å². The minimum Gasteiger partial charge on any atom is -0.341 e. The lowest BCUT2D eigenvalue weighted by Crippen LogP contribution is -2.11. The molecule has 2 aromatic rings. The van der Waals surface area contributed by atoms with Crippen LogP contribution in [0.3, 0.4) is 0 Å². The third-order valence-electron chi connectivity index (χ3n) is 2.29. The fourth-order valence-corrected chi connectivity index (χ4v) is 1.80. The van der Waals surface area contributed by atoms with Crippen LogP contribution in [0.25, 0.3) is 0 Å². The van der Waals surface area contributed by atoms with E-state index in [0.29, 0.717) is 5.69 Å². The molecule has 0 spiro atoms. The van der Waals surface area contributed by atoms with Gasteiger partial charge in [0.25, 0.3) is 0 Å².